The second-order valence-corrected chi connectivity index (χ2v) is 6.17. The van der Waals surface area contributed by atoms with Crippen LogP contribution in [0.25, 0.3) is 11.0 Å². The number of carbonyl (C=O) groups excluding carboxylic acids is 2. The van der Waals surface area contributed by atoms with Gasteiger partial charge in [-0.15, -0.1) is 0 Å². The molecule has 0 bridgehead atoms. The summed E-state index contributed by atoms with van der Waals surface area (Å²) in [5.41, 5.74) is 1.01. The Kier molecular flexibility index (Phi) is 5.54. The third kappa shape index (κ3) is 3.91. The first-order chi connectivity index (χ1) is 13.9. The summed E-state index contributed by atoms with van der Waals surface area (Å²) in [5.74, 6) is -1.00. The number of hydrogen-bond acceptors (Lipinski definition) is 7. The van der Waals surface area contributed by atoms with Crippen molar-refractivity contribution in [3.05, 3.63) is 63.5 Å². The summed E-state index contributed by atoms with van der Waals surface area (Å²) in [5, 5.41) is 2.94. The standard InChI is InChI=1S/C21H19NO7/c1-11-5-6-16-13(7-11)15(23)10-19(29-16)20(24)22-14-9-18(27-3)17(26-2)8-12(14)21(25)28-4/h5-10H,1-4H3,(H,22,24). The van der Waals surface area contributed by atoms with Gasteiger partial charge >= 0.3 is 5.97 Å². The van der Waals surface area contributed by atoms with Gasteiger partial charge in [0, 0.05) is 18.2 Å². The lowest BCUT2D eigenvalue weighted by molar-refractivity contribution is 0.0601. The first-order valence-corrected chi connectivity index (χ1v) is 8.58. The molecule has 0 radical (unpaired) electrons. The molecular weight excluding hydrogens is 378 g/mol. The molecule has 8 nitrogen and oxygen atoms in total. The van der Waals surface area contributed by atoms with E-state index in [0.717, 1.165) is 11.6 Å². The zero-order valence-corrected chi connectivity index (χ0v) is 16.3. The number of rotatable bonds is 5. The van der Waals surface area contributed by atoms with Gasteiger partial charge in [0.1, 0.15) is 5.58 Å². The van der Waals surface area contributed by atoms with E-state index in [1.54, 1.807) is 18.2 Å². The molecule has 0 saturated carbocycles. The molecule has 0 atom stereocenters. The Hall–Kier alpha value is -3.81. The lowest BCUT2D eigenvalue weighted by Gasteiger charge is -2.14. The van der Waals surface area contributed by atoms with E-state index in [1.165, 1.54) is 33.5 Å². The van der Waals surface area contributed by atoms with Gasteiger partial charge in [0.05, 0.1) is 38.0 Å². The second-order valence-electron chi connectivity index (χ2n) is 6.17. The Morgan fingerprint density at radius 1 is 0.966 bits per heavy atom. The summed E-state index contributed by atoms with van der Waals surface area (Å²) in [6.07, 6.45) is 0. The van der Waals surface area contributed by atoms with E-state index >= 15 is 0 Å². The first kappa shape index (κ1) is 19.9. The predicted octanol–water partition coefficient (Wildman–Crippen LogP) is 3.16. The van der Waals surface area contributed by atoms with Crippen molar-refractivity contribution in [2.45, 2.75) is 6.92 Å². The molecule has 8 heteroatoms. The molecule has 1 amide bonds. The van der Waals surface area contributed by atoms with Crippen LogP contribution in [0.15, 0.2) is 45.6 Å². The number of aryl methyl sites for hydroxylation is 1. The minimum absolute atomic E-state index is 0.0530. The van der Waals surface area contributed by atoms with Crippen LogP contribution in [-0.2, 0) is 4.74 Å². The summed E-state index contributed by atoms with van der Waals surface area (Å²) in [7, 11) is 4.06. The minimum Gasteiger partial charge on any atom is -0.493 e. The van der Waals surface area contributed by atoms with Gasteiger partial charge in [-0.1, -0.05) is 11.6 Å². The maximum absolute atomic E-state index is 12.7. The molecule has 2 aromatic carbocycles. The highest BCUT2D eigenvalue weighted by atomic mass is 16.5. The van der Waals surface area contributed by atoms with Crippen LogP contribution in [0.3, 0.4) is 0 Å². The maximum Gasteiger partial charge on any atom is 0.340 e. The van der Waals surface area contributed by atoms with E-state index < -0.39 is 11.9 Å². The molecule has 29 heavy (non-hydrogen) atoms. The molecule has 0 unspecified atom stereocenters. The number of anilines is 1. The van der Waals surface area contributed by atoms with Crippen molar-refractivity contribution in [1.82, 2.24) is 0 Å². The zero-order chi connectivity index (χ0) is 21.1. The monoisotopic (exact) mass is 397 g/mol. The second kappa shape index (κ2) is 8.05. The Morgan fingerprint density at radius 3 is 2.31 bits per heavy atom. The third-order valence-electron chi connectivity index (χ3n) is 4.28. The molecule has 150 valence electrons. The van der Waals surface area contributed by atoms with Crippen molar-refractivity contribution in [3.63, 3.8) is 0 Å². The van der Waals surface area contributed by atoms with Gasteiger partial charge in [-0.2, -0.15) is 0 Å². The van der Waals surface area contributed by atoms with Crippen molar-refractivity contribution < 1.29 is 28.2 Å². The number of methoxy groups -OCH3 is 3. The van der Waals surface area contributed by atoms with Crippen LogP contribution in [-0.4, -0.2) is 33.2 Å². The molecule has 1 aromatic heterocycles. The molecule has 3 rings (SSSR count). The molecule has 1 heterocycles. The van der Waals surface area contributed by atoms with Gasteiger partial charge in [0.25, 0.3) is 5.91 Å². The van der Waals surface area contributed by atoms with E-state index in [0.29, 0.717) is 16.9 Å². The van der Waals surface area contributed by atoms with Crippen LogP contribution in [0.2, 0.25) is 0 Å². The lowest BCUT2D eigenvalue weighted by Crippen LogP contribution is -2.17. The Morgan fingerprint density at radius 2 is 1.66 bits per heavy atom. The molecular formula is C21H19NO7. The van der Waals surface area contributed by atoms with Gasteiger partial charge in [-0.3, -0.25) is 9.59 Å². The molecule has 3 aromatic rings. The molecule has 0 spiro atoms. The Balaban J connectivity index is 2.04. The topological polar surface area (TPSA) is 104 Å². The normalized spacial score (nSPS) is 10.5. The highest BCUT2D eigenvalue weighted by molar-refractivity contribution is 6.07. The SMILES string of the molecule is COC(=O)c1cc(OC)c(OC)cc1NC(=O)c1cc(=O)c2cc(C)ccc2o1. The quantitative estimate of drug-likeness (QED) is 0.660. The predicted molar refractivity (Wildman–Crippen MR) is 106 cm³/mol. The average molecular weight is 397 g/mol. The van der Waals surface area contributed by atoms with Crippen LogP contribution < -0.4 is 20.2 Å². The molecule has 0 saturated heterocycles. The highest BCUT2D eigenvalue weighted by Crippen LogP contribution is 2.34. The van der Waals surface area contributed by atoms with Crippen LogP contribution in [0, 0.1) is 6.92 Å². The van der Waals surface area contributed by atoms with Crippen LogP contribution in [0.5, 0.6) is 11.5 Å². The number of hydrogen-bond donors (Lipinski definition) is 1. The fourth-order valence-corrected chi connectivity index (χ4v) is 2.83. The van der Waals surface area contributed by atoms with E-state index in [9.17, 15) is 14.4 Å². The maximum atomic E-state index is 12.7. The number of amides is 1. The van der Waals surface area contributed by atoms with Gasteiger partial charge in [-0.05, 0) is 19.1 Å². The number of carbonyl (C=O) groups is 2. The number of esters is 1. The van der Waals surface area contributed by atoms with E-state index in [-0.39, 0.29) is 28.0 Å². The van der Waals surface area contributed by atoms with E-state index in [1.807, 2.05) is 6.92 Å². The Labute approximate surface area is 166 Å². The third-order valence-corrected chi connectivity index (χ3v) is 4.28. The van der Waals surface area contributed by atoms with Crippen LogP contribution in [0.1, 0.15) is 26.5 Å². The summed E-state index contributed by atoms with van der Waals surface area (Å²) in [6, 6.07) is 9.00. The molecule has 0 aliphatic rings. The molecule has 0 fully saturated rings. The molecule has 1 N–H and O–H groups in total. The Bertz CT molecular complexity index is 1160. The van der Waals surface area contributed by atoms with Gasteiger partial charge < -0.3 is 23.9 Å². The number of fused-ring (bicyclic) bond motifs is 1. The molecule has 0 aliphatic carbocycles. The van der Waals surface area contributed by atoms with Crippen LogP contribution in [0.4, 0.5) is 5.69 Å². The highest BCUT2D eigenvalue weighted by Gasteiger charge is 2.21. The fraction of sp³-hybridized carbons (Fsp3) is 0.190. The van der Waals surface area contributed by atoms with Crippen molar-refractivity contribution >= 4 is 28.5 Å². The number of ether oxygens (including phenoxy) is 3. The summed E-state index contributed by atoms with van der Waals surface area (Å²) in [6.45, 7) is 1.85. The lowest BCUT2D eigenvalue weighted by atomic mass is 10.1. The van der Waals surface area contributed by atoms with Crippen molar-refractivity contribution in [2.75, 3.05) is 26.6 Å². The van der Waals surface area contributed by atoms with Crippen molar-refractivity contribution in [3.8, 4) is 11.5 Å². The van der Waals surface area contributed by atoms with Crippen LogP contribution >= 0.6 is 0 Å². The van der Waals surface area contributed by atoms with Gasteiger partial charge in [0.15, 0.2) is 22.7 Å². The number of benzene rings is 2. The van der Waals surface area contributed by atoms with Gasteiger partial charge in [-0.25, -0.2) is 4.79 Å². The summed E-state index contributed by atoms with van der Waals surface area (Å²) < 4.78 is 20.7. The van der Waals surface area contributed by atoms with E-state index in [2.05, 4.69) is 5.32 Å². The fourth-order valence-electron chi connectivity index (χ4n) is 2.83. The summed E-state index contributed by atoms with van der Waals surface area (Å²) >= 11 is 0. The average Bonchev–Trinajstić information content (AvgIpc) is 2.73. The minimum atomic E-state index is -0.707. The largest absolute Gasteiger partial charge is 0.493 e. The van der Waals surface area contributed by atoms with E-state index in [4.69, 9.17) is 18.6 Å². The zero-order valence-electron chi connectivity index (χ0n) is 16.3. The summed E-state index contributed by atoms with van der Waals surface area (Å²) in [4.78, 5) is 37.2. The number of nitrogens with one attached hydrogen (secondary N) is 1. The van der Waals surface area contributed by atoms with Crippen molar-refractivity contribution in [1.29, 1.82) is 0 Å². The molecule has 0 aliphatic heterocycles. The van der Waals surface area contributed by atoms with Crippen molar-refractivity contribution in [2.24, 2.45) is 0 Å². The van der Waals surface area contributed by atoms with Gasteiger partial charge in [0.2, 0.25) is 0 Å². The first-order valence-electron chi connectivity index (χ1n) is 8.58. The smallest absolute Gasteiger partial charge is 0.340 e.